The fourth-order valence-electron chi connectivity index (χ4n) is 1.32. The number of rotatable bonds is 3. The summed E-state index contributed by atoms with van der Waals surface area (Å²) in [5.74, 6) is 1.95. The standard InChI is InChI=1S/C8H17NOS/c1-7(10)11-6-8-2-4-9-5-3-8/h7-10H,2-6H2,1H3. The second-order valence-electron chi connectivity index (χ2n) is 3.13. The van der Waals surface area contributed by atoms with E-state index in [0.717, 1.165) is 24.8 Å². The van der Waals surface area contributed by atoms with Crippen LogP contribution in [0.1, 0.15) is 19.8 Å². The molecule has 0 aromatic rings. The molecule has 1 aliphatic rings. The summed E-state index contributed by atoms with van der Waals surface area (Å²) in [6, 6.07) is 0. The largest absolute Gasteiger partial charge is 0.383 e. The Balaban J connectivity index is 2.05. The van der Waals surface area contributed by atoms with E-state index in [1.807, 2.05) is 6.92 Å². The second-order valence-corrected chi connectivity index (χ2v) is 4.47. The van der Waals surface area contributed by atoms with Crippen LogP contribution in [0.3, 0.4) is 0 Å². The number of hydrogen-bond acceptors (Lipinski definition) is 3. The van der Waals surface area contributed by atoms with E-state index in [4.69, 9.17) is 5.11 Å². The smallest absolute Gasteiger partial charge is 0.0964 e. The lowest BCUT2D eigenvalue weighted by atomic mass is 10.0. The van der Waals surface area contributed by atoms with Crippen LogP contribution in [0.2, 0.25) is 0 Å². The van der Waals surface area contributed by atoms with E-state index in [1.165, 1.54) is 12.8 Å². The maximum atomic E-state index is 9.03. The molecule has 1 saturated heterocycles. The number of aliphatic hydroxyl groups excluding tert-OH is 1. The van der Waals surface area contributed by atoms with E-state index < -0.39 is 0 Å². The van der Waals surface area contributed by atoms with Crippen molar-refractivity contribution in [3.05, 3.63) is 0 Å². The first-order valence-corrected chi connectivity index (χ1v) is 5.34. The predicted molar refractivity (Wildman–Crippen MR) is 49.7 cm³/mol. The van der Waals surface area contributed by atoms with Gasteiger partial charge in [-0.3, -0.25) is 0 Å². The van der Waals surface area contributed by atoms with Gasteiger partial charge < -0.3 is 10.4 Å². The average molecular weight is 175 g/mol. The zero-order valence-corrected chi connectivity index (χ0v) is 7.86. The maximum Gasteiger partial charge on any atom is 0.0964 e. The highest BCUT2D eigenvalue weighted by molar-refractivity contribution is 7.99. The molecule has 0 aromatic carbocycles. The molecule has 0 bridgehead atoms. The molecule has 1 heterocycles. The molecule has 1 aliphatic heterocycles. The molecule has 1 atom stereocenters. The van der Waals surface area contributed by atoms with Crippen molar-refractivity contribution in [2.75, 3.05) is 18.8 Å². The van der Waals surface area contributed by atoms with Crippen molar-refractivity contribution in [2.45, 2.75) is 25.2 Å². The zero-order valence-electron chi connectivity index (χ0n) is 7.05. The number of piperidine rings is 1. The van der Waals surface area contributed by atoms with E-state index >= 15 is 0 Å². The predicted octanol–water partition coefficient (Wildman–Crippen LogP) is 1.06. The van der Waals surface area contributed by atoms with E-state index in [-0.39, 0.29) is 5.44 Å². The molecule has 66 valence electrons. The lowest BCUT2D eigenvalue weighted by molar-refractivity contribution is 0.282. The number of aliphatic hydroxyl groups is 1. The number of thioether (sulfide) groups is 1. The SMILES string of the molecule is CC(O)SCC1CCNCC1. The molecule has 2 N–H and O–H groups in total. The second kappa shape index (κ2) is 5.01. The zero-order chi connectivity index (χ0) is 8.10. The highest BCUT2D eigenvalue weighted by Crippen LogP contribution is 2.19. The van der Waals surface area contributed by atoms with Crippen molar-refractivity contribution in [1.82, 2.24) is 5.32 Å². The van der Waals surface area contributed by atoms with E-state index in [9.17, 15) is 0 Å². The minimum Gasteiger partial charge on any atom is -0.383 e. The Bertz CT molecular complexity index is 102. The number of hydrogen-bond donors (Lipinski definition) is 2. The van der Waals surface area contributed by atoms with Gasteiger partial charge in [-0.15, -0.1) is 11.8 Å². The Morgan fingerprint density at radius 1 is 1.55 bits per heavy atom. The quantitative estimate of drug-likeness (QED) is 0.629. The van der Waals surface area contributed by atoms with Gasteiger partial charge in [0.2, 0.25) is 0 Å². The monoisotopic (exact) mass is 175 g/mol. The Morgan fingerprint density at radius 3 is 2.73 bits per heavy atom. The third kappa shape index (κ3) is 3.99. The van der Waals surface area contributed by atoms with E-state index in [1.54, 1.807) is 11.8 Å². The van der Waals surface area contributed by atoms with Gasteiger partial charge in [-0.25, -0.2) is 0 Å². The van der Waals surface area contributed by atoms with Gasteiger partial charge in [0.1, 0.15) is 0 Å². The molecule has 11 heavy (non-hydrogen) atoms. The van der Waals surface area contributed by atoms with Crippen LogP contribution in [0, 0.1) is 5.92 Å². The molecule has 1 unspecified atom stereocenters. The Labute approximate surface area is 72.8 Å². The molecule has 0 amide bonds. The van der Waals surface area contributed by atoms with Crippen molar-refractivity contribution in [2.24, 2.45) is 5.92 Å². The summed E-state index contributed by atoms with van der Waals surface area (Å²) in [7, 11) is 0. The third-order valence-corrected chi connectivity index (χ3v) is 3.18. The summed E-state index contributed by atoms with van der Waals surface area (Å²) in [6.45, 7) is 4.15. The van der Waals surface area contributed by atoms with Gasteiger partial charge in [0, 0.05) is 0 Å². The first kappa shape index (κ1) is 9.36. The molecule has 0 spiro atoms. The lowest BCUT2D eigenvalue weighted by Gasteiger charge is -2.22. The fourth-order valence-corrected chi connectivity index (χ4v) is 2.21. The molecule has 1 fully saturated rings. The highest BCUT2D eigenvalue weighted by atomic mass is 32.2. The first-order valence-electron chi connectivity index (χ1n) is 4.29. The van der Waals surface area contributed by atoms with Gasteiger partial charge in [0.15, 0.2) is 0 Å². The minimum atomic E-state index is -0.190. The summed E-state index contributed by atoms with van der Waals surface area (Å²) in [5, 5.41) is 12.4. The van der Waals surface area contributed by atoms with E-state index in [2.05, 4.69) is 5.32 Å². The molecular weight excluding hydrogens is 158 g/mol. The number of nitrogens with one attached hydrogen (secondary N) is 1. The van der Waals surface area contributed by atoms with Gasteiger partial charge >= 0.3 is 0 Å². The lowest BCUT2D eigenvalue weighted by Crippen LogP contribution is -2.29. The van der Waals surface area contributed by atoms with Crippen LogP contribution < -0.4 is 5.32 Å². The summed E-state index contributed by atoms with van der Waals surface area (Å²) in [4.78, 5) is 0. The molecule has 0 aliphatic carbocycles. The van der Waals surface area contributed by atoms with Crippen LogP contribution in [0.15, 0.2) is 0 Å². The van der Waals surface area contributed by atoms with Gasteiger partial charge in [-0.05, 0) is 44.5 Å². The van der Waals surface area contributed by atoms with Crippen molar-refractivity contribution in [1.29, 1.82) is 0 Å². The van der Waals surface area contributed by atoms with Crippen molar-refractivity contribution in [3.8, 4) is 0 Å². The molecule has 0 aromatic heterocycles. The molecule has 0 radical (unpaired) electrons. The highest BCUT2D eigenvalue weighted by Gasteiger charge is 2.13. The normalized spacial score (nSPS) is 23.5. The van der Waals surface area contributed by atoms with Crippen molar-refractivity contribution >= 4 is 11.8 Å². The topological polar surface area (TPSA) is 32.3 Å². The average Bonchev–Trinajstić information content (AvgIpc) is 2.03. The van der Waals surface area contributed by atoms with Crippen LogP contribution in [0.25, 0.3) is 0 Å². The summed E-state index contributed by atoms with van der Waals surface area (Å²) in [6.07, 6.45) is 2.56. The van der Waals surface area contributed by atoms with Gasteiger partial charge in [0.25, 0.3) is 0 Å². The van der Waals surface area contributed by atoms with Crippen LogP contribution in [-0.2, 0) is 0 Å². The summed E-state index contributed by atoms with van der Waals surface area (Å²) < 4.78 is 0. The molecule has 3 heteroatoms. The molecular formula is C8H17NOS. The van der Waals surface area contributed by atoms with Crippen molar-refractivity contribution < 1.29 is 5.11 Å². The maximum absolute atomic E-state index is 9.03. The van der Waals surface area contributed by atoms with E-state index in [0.29, 0.717) is 0 Å². The van der Waals surface area contributed by atoms with Crippen LogP contribution in [0.5, 0.6) is 0 Å². The minimum absolute atomic E-state index is 0.190. The summed E-state index contributed by atoms with van der Waals surface area (Å²) in [5.41, 5.74) is -0.190. The third-order valence-electron chi connectivity index (χ3n) is 2.03. The summed E-state index contributed by atoms with van der Waals surface area (Å²) >= 11 is 1.67. The Hall–Kier alpha value is 0.270. The molecule has 1 rings (SSSR count). The Kier molecular flexibility index (Phi) is 4.26. The molecule has 2 nitrogen and oxygen atoms in total. The van der Waals surface area contributed by atoms with Gasteiger partial charge in [0.05, 0.1) is 5.44 Å². The Morgan fingerprint density at radius 2 is 2.18 bits per heavy atom. The van der Waals surface area contributed by atoms with Crippen molar-refractivity contribution in [3.63, 3.8) is 0 Å². The fraction of sp³-hybridized carbons (Fsp3) is 1.00. The van der Waals surface area contributed by atoms with Crippen LogP contribution >= 0.6 is 11.8 Å². The van der Waals surface area contributed by atoms with Gasteiger partial charge in [-0.2, -0.15) is 0 Å². The van der Waals surface area contributed by atoms with Gasteiger partial charge in [-0.1, -0.05) is 0 Å². The van der Waals surface area contributed by atoms with Crippen LogP contribution in [-0.4, -0.2) is 29.4 Å². The molecule has 0 saturated carbocycles. The first-order chi connectivity index (χ1) is 5.29. The van der Waals surface area contributed by atoms with Crippen LogP contribution in [0.4, 0.5) is 0 Å².